The van der Waals surface area contributed by atoms with Gasteiger partial charge in [0.05, 0.1) is 52.4 Å². The lowest BCUT2D eigenvalue weighted by molar-refractivity contribution is -0.380. The summed E-state index contributed by atoms with van der Waals surface area (Å²) in [7, 11) is 0. The van der Waals surface area contributed by atoms with E-state index in [1.54, 1.807) is 0 Å². The summed E-state index contributed by atoms with van der Waals surface area (Å²) in [6, 6.07) is 60.5. The molecule has 6 aromatic carbocycles. The van der Waals surface area contributed by atoms with Crippen molar-refractivity contribution in [3.05, 3.63) is 215 Å². The van der Waals surface area contributed by atoms with Crippen LogP contribution in [0.25, 0.3) is 0 Å². The molecular formula is C53H56O9. The molecule has 8 rings (SSSR count). The summed E-state index contributed by atoms with van der Waals surface area (Å²) in [5, 5.41) is 0. The van der Waals surface area contributed by atoms with E-state index in [1.165, 1.54) is 0 Å². The van der Waals surface area contributed by atoms with Crippen LogP contribution >= 0.6 is 0 Å². The number of hydrogen-bond acceptors (Lipinski definition) is 9. The maximum Gasteiger partial charge on any atom is 0.189 e. The smallest absolute Gasteiger partial charge is 0.189 e. The van der Waals surface area contributed by atoms with Crippen LogP contribution in [0.15, 0.2) is 182 Å². The molecule has 2 aliphatic heterocycles. The first-order valence-electron chi connectivity index (χ1n) is 21.5. The van der Waals surface area contributed by atoms with Gasteiger partial charge >= 0.3 is 0 Å². The van der Waals surface area contributed by atoms with Crippen LogP contribution in [0.1, 0.15) is 40.3 Å². The first-order chi connectivity index (χ1) is 30.7. The van der Waals surface area contributed by atoms with E-state index in [4.69, 9.17) is 42.6 Å². The summed E-state index contributed by atoms with van der Waals surface area (Å²) in [6.07, 6.45) is -6.00. The summed E-state index contributed by atoms with van der Waals surface area (Å²) in [5.41, 5.74) is 6.14. The van der Waals surface area contributed by atoms with Crippen LogP contribution in [-0.4, -0.2) is 61.9 Å². The normalized spacial score (nSPS) is 25.0. The molecule has 9 heteroatoms. The minimum Gasteiger partial charge on any atom is -0.368 e. The SMILES string of the molecule is C[C@@H]1O[C@H](O[C@@H]2OC[C@@H](OCc3ccccc3)[C@H](OCc3ccccc3)[C@H]2OCc2ccccc2)[C@H](OCc2ccccc2)[C@H](OCc2ccccc2)[C@H]1OCc1ccccc1. The highest BCUT2D eigenvalue weighted by Gasteiger charge is 2.51. The molecule has 2 aliphatic rings. The highest BCUT2D eigenvalue weighted by Crippen LogP contribution is 2.35. The van der Waals surface area contributed by atoms with Crippen LogP contribution in [0.5, 0.6) is 0 Å². The molecule has 322 valence electrons. The Morgan fingerprint density at radius 1 is 0.355 bits per heavy atom. The lowest BCUT2D eigenvalue weighted by atomic mass is 9.98. The van der Waals surface area contributed by atoms with Crippen molar-refractivity contribution in [3.8, 4) is 0 Å². The average molecular weight is 837 g/mol. The van der Waals surface area contributed by atoms with E-state index in [0.717, 1.165) is 33.4 Å². The summed E-state index contributed by atoms with van der Waals surface area (Å²) in [6.45, 7) is 4.17. The summed E-state index contributed by atoms with van der Waals surface area (Å²) in [4.78, 5) is 0. The van der Waals surface area contributed by atoms with Crippen LogP contribution in [0.3, 0.4) is 0 Å². The van der Waals surface area contributed by atoms with Crippen molar-refractivity contribution in [3.63, 3.8) is 0 Å². The Balaban J connectivity index is 1.10. The molecule has 0 aliphatic carbocycles. The minimum absolute atomic E-state index is 0.191. The fourth-order valence-corrected chi connectivity index (χ4v) is 7.80. The second kappa shape index (κ2) is 22.9. The number of hydrogen-bond donors (Lipinski definition) is 0. The standard InChI is InChI=1S/C53H56O9/c1-39-47(55-33-41-22-10-3-11-23-41)49(57-35-43-26-14-5-15-27-43)51(59-37-45-30-18-7-19-31-45)53(61-39)62-52-50(58-36-44-28-16-6-17-29-44)48(56-34-42-24-12-4-13-25-42)46(38-60-52)54-32-40-20-8-2-9-21-40/h2-31,39,46-53H,32-38H2,1H3/t39-,46+,47-,48-,49+,50+,51+,52-,53+/m0/s1. The van der Waals surface area contributed by atoms with Gasteiger partial charge in [-0.3, -0.25) is 0 Å². The molecule has 0 bridgehead atoms. The topological polar surface area (TPSA) is 83.1 Å². The van der Waals surface area contributed by atoms with E-state index >= 15 is 0 Å². The predicted octanol–water partition coefficient (Wildman–Crippen LogP) is 9.62. The molecule has 2 saturated heterocycles. The third kappa shape index (κ3) is 12.3. The summed E-state index contributed by atoms with van der Waals surface area (Å²) < 4.78 is 61.2. The lowest BCUT2D eigenvalue weighted by Gasteiger charge is -2.48. The second-order valence-electron chi connectivity index (χ2n) is 15.7. The molecule has 2 heterocycles. The van der Waals surface area contributed by atoms with Gasteiger partial charge in [-0.15, -0.1) is 0 Å². The molecule has 9 nitrogen and oxygen atoms in total. The van der Waals surface area contributed by atoms with Crippen molar-refractivity contribution in [2.45, 2.75) is 102 Å². The molecule has 0 amide bonds. The minimum atomic E-state index is -0.949. The molecule has 0 radical (unpaired) electrons. The van der Waals surface area contributed by atoms with Crippen molar-refractivity contribution in [2.75, 3.05) is 6.61 Å². The molecule has 9 atom stereocenters. The van der Waals surface area contributed by atoms with E-state index in [0.29, 0.717) is 33.0 Å². The van der Waals surface area contributed by atoms with Gasteiger partial charge < -0.3 is 42.6 Å². The van der Waals surface area contributed by atoms with Crippen molar-refractivity contribution in [1.82, 2.24) is 0 Å². The van der Waals surface area contributed by atoms with Gasteiger partial charge in [0.1, 0.15) is 36.6 Å². The Kier molecular flexibility index (Phi) is 16.1. The van der Waals surface area contributed by atoms with Crippen molar-refractivity contribution >= 4 is 0 Å². The fourth-order valence-electron chi connectivity index (χ4n) is 7.80. The molecular weight excluding hydrogens is 781 g/mol. The van der Waals surface area contributed by atoms with Gasteiger partial charge in [-0.05, 0) is 40.3 Å². The first-order valence-corrected chi connectivity index (χ1v) is 21.5. The molecule has 0 saturated carbocycles. The molecule has 2 fully saturated rings. The van der Waals surface area contributed by atoms with Gasteiger partial charge in [0, 0.05) is 0 Å². The third-order valence-electron chi connectivity index (χ3n) is 11.1. The number of rotatable bonds is 20. The molecule has 62 heavy (non-hydrogen) atoms. The summed E-state index contributed by atoms with van der Waals surface area (Å²) in [5.74, 6) is 0. The van der Waals surface area contributed by atoms with E-state index in [9.17, 15) is 0 Å². The Labute approximate surface area is 365 Å². The van der Waals surface area contributed by atoms with Crippen molar-refractivity contribution in [2.24, 2.45) is 0 Å². The largest absolute Gasteiger partial charge is 0.368 e. The Hall–Kier alpha value is -5.04. The maximum absolute atomic E-state index is 7.03. The van der Waals surface area contributed by atoms with Gasteiger partial charge in [0.15, 0.2) is 12.6 Å². The van der Waals surface area contributed by atoms with Crippen molar-refractivity contribution < 1.29 is 42.6 Å². The average Bonchev–Trinajstić information content (AvgIpc) is 3.33. The van der Waals surface area contributed by atoms with Crippen LogP contribution in [0, 0.1) is 0 Å². The maximum atomic E-state index is 7.03. The van der Waals surface area contributed by atoms with Gasteiger partial charge in [-0.25, -0.2) is 0 Å². The molecule has 0 N–H and O–H groups in total. The zero-order chi connectivity index (χ0) is 42.2. The Morgan fingerprint density at radius 3 is 1.05 bits per heavy atom. The van der Waals surface area contributed by atoms with Crippen LogP contribution in [0.4, 0.5) is 0 Å². The zero-order valence-electron chi connectivity index (χ0n) is 35.1. The van der Waals surface area contributed by atoms with Gasteiger partial charge in [-0.2, -0.15) is 0 Å². The first kappa shape index (κ1) is 43.6. The fraction of sp³-hybridized carbons (Fsp3) is 0.321. The van der Waals surface area contributed by atoms with Crippen LogP contribution < -0.4 is 0 Å². The second-order valence-corrected chi connectivity index (χ2v) is 15.7. The van der Waals surface area contributed by atoms with E-state index in [-0.39, 0.29) is 13.2 Å². The van der Waals surface area contributed by atoms with Gasteiger partial charge in [0.25, 0.3) is 0 Å². The summed E-state index contributed by atoms with van der Waals surface area (Å²) >= 11 is 0. The molecule has 6 aromatic rings. The zero-order valence-corrected chi connectivity index (χ0v) is 35.1. The van der Waals surface area contributed by atoms with E-state index in [1.807, 2.05) is 189 Å². The number of ether oxygens (including phenoxy) is 9. The Bertz CT molecular complexity index is 2130. The highest BCUT2D eigenvalue weighted by atomic mass is 16.8. The highest BCUT2D eigenvalue weighted by molar-refractivity contribution is 5.18. The van der Waals surface area contributed by atoms with Crippen LogP contribution in [0.2, 0.25) is 0 Å². The third-order valence-corrected chi connectivity index (χ3v) is 11.1. The van der Waals surface area contributed by atoms with E-state index in [2.05, 4.69) is 0 Å². The van der Waals surface area contributed by atoms with Gasteiger partial charge in [-0.1, -0.05) is 182 Å². The quantitative estimate of drug-likeness (QED) is 0.0747. The molecule has 0 unspecified atom stereocenters. The molecule has 0 spiro atoms. The van der Waals surface area contributed by atoms with Crippen molar-refractivity contribution in [1.29, 1.82) is 0 Å². The predicted molar refractivity (Wildman–Crippen MR) is 235 cm³/mol. The van der Waals surface area contributed by atoms with E-state index < -0.39 is 55.3 Å². The monoisotopic (exact) mass is 836 g/mol. The van der Waals surface area contributed by atoms with Crippen LogP contribution in [-0.2, 0) is 82.3 Å². The number of benzene rings is 6. The Morgan fingerprint density at radius 2 is 0.661 bits per heavy atom. The lowest BCUT2D eigenvalue weighted by Crippen LogP contribution is -2.63. The molecule has 0 aromatic heterocycles. The van der Waals surface area contributed by atoms with Gasteiger partial charge in [0.2, 0.25) is 0 Å².